The number of phosphoric ester groups is 1. The van der Waals surface area contributed by atoms with Crippen LogP contribution in [0.1, 0.15) is 120 Å². The third kappa shape index (κ3) is 12.7. The van der Waals surface area contributed by atoms with Crippen LogP contribution in [0.25, 0.3) is 5.57 Å². The number of quaternary nitrogens is 1. The van der Waals surface area contributed by atoms with Crippen molar-refractivity contribution in [2.24, 2.45) is 0 Å². The number of likely N-dealkylation sites (N-methyl/N-ethyl adjacent to an activating group) is 1. The molecule has 0 bridgehead atoms. The number of hydrogen-bond donors (Lipinski definition) is 0. The van der Waals surface area contributed by atoms with Crippen LogP contribution in [0.3, 0.4) is 0 Å². The van der Waals surface area contributed by atoms with E-state index in [2.05, 4.69) is 24.3 Å². The van der Waals surface area contributed by atoms with Crippen LogP contribution in [-0.2, 0) is 20.0 Å². The molecule has 272 valence electrons. The number of allylic oxidation sites excluding steroid dienone is 2. The summed E-state index contributed by atoms with van der Waals surface area (Å²) in [6.07, 6.45) is 27.1. The molecule has 0 saturated heterocycles. The maximum Gasteiger partial charge on any atom is 0.737 e. The lowest BCUT2D eigenvalue weighted by Crippen LogP contribution is -2.49. The Balaban J connectivity index is 0.942. The third-order valence-electron chi connectivity index (χ3n) is 9.60. The number of hydrogen-bond acceptors (Lipinski definition) is 4. The summed E-state index contributed by atoms with van der Waals surface area (Å²) in [5.41, 5.74) is 4.27. The molecule has 0 spiro atoms. The number of phosphoric acid groups is 1. The molecule has 0 amide bonds. The summed E-state index contributed by atoms with van der Waals surface area (Å²) < 4.78 is 54.6. The molecule has 1 unspecified atom stereocenters. The lowest BCUT2D eigenvalue weighted by Gasteiger charge is -2.30. The van der Waals surface area contributed by atoms with E-state index in [1.807, 2.05) is 21.1 Å². The minimum absolute atomic E-state index is 0.149. The average molecular weight is 702 g/mol. The van der Waals surface area contributed by atoms with Crippen molar-refractivity contribution < 1.29 is 36.1 Å². The quantitative estimate of drug-likeness (QED) is 0.0449. The first-order valence-electron chi connectivity index (χ1n) is 18.7. The largest absolute Gasteiger partial charge is 0.756 e. The van der Waals surface area contributed by atoms with Crippen LogP contribution in [-0.4, -0.2) is 67.5 Å². The van der Waals surface area contributed by atoms with Crippen molar-refractivity contribution >= 4 is 26.6 Å². The minimum Gasteiger partial charge on any atom is -0.756 e. The van der Waals surface area contributed by atoms with Crippen LogP contribution >= 0.6 is 7.82 Å². The van der Waals surface area contributed by atoms with Crippen molar-refractivity contribution in [1.29, 1.82) is 0 Å². The standard InChI is InChI=1S/C38H59BF2N3O4P/c1-44(2,3)31-33-48-49(45,46)47-32-19-17-15-13-11-9-7-5-4-6-8-10-12-14-16-18-22-34-25-27-35(28-26-34)38-36-23-20-29-42(36)39(40,41)43-30-21-24-37(38)43/h20-21,23-30H,4-19,22,31-33H2,1-3H3. The first-order chi connectivity index (χ1) is 23.5. The van der Waals surface area contributed by atoms with E-state index in [0.29, 0.717) is 22.4 Å². The van der Waals surface area contributed by atoms with Gasteiger partial charge in [-0.2, -0.15) is 0 Å². The molecule has 3 heterocycles. The van der Waals surface area contributed by atoms with Gasteiger partial charge in [-0.05, 0) is 48.7 Å². The molecule has 2 aromatic rings. The van der Waals surface area contributed by atoms with Gasteiger partial charge in [0.05, 0.1) is 33.3 Å². The molecule has 0 saturated carbocycles. The number of halogens is 2. The Morgan fingerprint density at radius 2 is 1.31 bits per heavy atom. The van der Waals surface area contributed by atoms with Crippen LogP contribution in [0, 0.1) is 0 Å². The number of benzene rings is 1. The van der Waals surface area contributed by atoms with Crippen LogP contribution in [0.2, 0.25) is 0 Å². The Hall–Kier alpha value is -2.36. The van der Waals surface area contributed by atoms with Gasteiger partial charge in [0, 0.05) is 17.8 Å². The van der Waals surface area contributed by atoms with Crippen molar-refractivity contribution in [3.8, 4) is 0 Å². The summed E-state index contributed by atoms with van der Waals surface area (Å²) >= 11 is 0. The molecule has 1 aromatic carbocycles. The van der Waals surface area contributed by atoms with Gasteiger partial charge in [0.25, 0.3) is 7.82 Å². The number of nitrogens with zero attached hydrogens (tertiary/aromatic N) is 3. The van der Waals surface area contributed by atoms with Gasteiger partial charge in [-0.25, -0.2) is 0 Å². The number of aromatic nitrogens is 1. The molecule has 1 aromatic heterocycles. The van der Waals surface area contributed by atoms with Gasteiger partial charge in [0.15, 0.2) is 5.70 Å². The summed E-state index contributed by atoms with van der Waals surface area (Å²) in [5.74, 6) is 0. The lowest BCUT2D eigenvalue weighted by molar-refractivity contribution is -0.870. The smallest absolute Gasteiger partial charge is 0.737 e. The van der Waals surface area contributed by atoms with Crippen molar-refractivity contribution in [2.75, 3.05) is 40.9 Å². The monoisotopic (exact) mass is 701 g/mol. The highest BCUT2D eigenvalue weighted by molar-refractivity contribution is 7.45. The van der Waals surface area contributed by atoms with Crippen molar-refractivity contribution in [3.63, 3.8) is 0 Å². The second-order valence-electron chi connectivity index (χ2n) is 14.8. The summed E-state index contributed by atoms with van der Waals surface area (Å²) in [7, 11) is 1.80. The van der Waals surface area contributed by atoms with Gasteiger partial charge in [-0.15, -0.1) is 0 Å². The maximum absolute atomic E-state index is 15.0. The van der Waals surface area contributed by atoms with Gasteiger partial charge in [0.2, 0.25) is 0 Å². The Morgan fingerprint density at radius 3 is 1.88 bits per heavy atom. The topological polar surface area (TPSA) is 66.5 Å². The van der Waals surface area contributed by atoms with Crippen molar-refractivity contribution in [1.82, 2.24) is 4.48 Å². The van der Waals surface area contributed by atoms with E-state index in [-0.39, 0.29) is 13.2 Å². The van der Waals surface area contributed by atoms with Crippen LogP contribution in [0.4, 0.5) is 8.63 Å². The number of aryl methyl sites for hydroxylation is 1. The van der Waals surface area contributed by atoms with E-state index >= 15 is 8.63 Å². The number of rotatable bonds is 25. The van der Waals surface area contributed by atoms with E-state index < -0.39 is 14.8 Å². The molecule has 0 radical (unpaired) electrons. The van der Waals surface area contributed by atoms with Gasteiger partial charge < -0.3 is 36.0 Å². The number of unbranched alkanes of at least 4 members (excludes halogenated alkanes) is 15. The fraction of sp³-hybridized carbons (Fsp3) is 0.605. The fourth-order valence-corrected chi connectivity index (χ4v) is 7.43. The van der Waals surface area contributed by atoms with Gasteiger partial charge in [0.1, 0.15) is 19.4 Å². The van der Waals surface area contributed by atoms with Gasteiger partial charge in [-0.3, -0.25) is 4.57 Å². The SMILES string of the molecule is C[N+](C)(C)CCOP(=O)([O-])OCCCCCCCCCCCCCCCCCCc1ccc(C2=C3C=CC=[N+]3[B-](F)(F)n3cccc32)cc1. The second kappa shape index (κ2) is 19.3. The highest BCUT2D eigenvalue weighted by atomic mass is 31.2. The zero-order chi connectivity index (χ0) is 35.2. The third-order valence-corrected chi connectivity index (χ3v) is 10.6. The molecule has 7 nitrogen and oxygen atoms in total. The molecule has 49 heavy (non-hydrogen) atoms. The normalized spacial score (nSPS) is 16.5. The molecule has 0 fully saturated rings. The molecule has 2 aliphatic heterocycles. The zero-order valence-corrected chi connectivity index (χ0v) is 31.1. The number of fused-ring (bicyclic) bond motifs is 2. The van der Waals surface area contributed by atoms with Crippen LogP contribution in [0.15, 0.2) is 60.4 Å². The molecule has 2 aliphatic rings. The van der Waals surface area contributed by atoms with Crippen LogP contribution < -0.4 is 4.89 Å². The average Bonchev–Trinajstić information content (AvgIpc) is 3.74. The van der Waals surface area contributed by atoms with Crippen molar-refractivity contribution in [2.45, 2.75) is 109 Å². The Bertz CT molecular complexity index is 1450. The molecule has 4 rings (SSSR count). The molecule has 0 aliphatic carbocycles. The predicted molar refractivity (Wildman–Crippen MR) is 196 cm³/mol. The molecule has 11 heteroatoms. The molecule has 1 atom stereocenters. The van der Waals surface area contributed by atoms with E-state index in [1.165, 1.54) is 101 Å². The summed E-state index contributed by atoms with van der Waals surface area (Å²) in [5, 5.41) is 0. The second-order valence-corrected chi connectivity index (χ2v) is 16.2. The molecular weight excluding hydrogens is 642 g/mol. The van der Waals surface area contributed by atoms with E-state index in [9.17, 15) is 9.46 Å². The molecular formula is C38H59BF2N3O4P. The predicted octanol–water partition coefficient (Wildman–Crippen LogP) is 9.13. The van der Waals surface area contributed by atoms with Crippen LogP contribution in [0.5, 0.6) is 0 Å². The summed E-state index contributed by atoms with van der Waals surface area (Å²) in [4.78, 5) is 11.8. The highest BCUT2D eigenvalue weighted by Crippen LogP contribution is 2.39. The first kappa shape index (κ1) is 39.4. The fourth-order valence-electron chi connectivity index (χ4n) is 6.70. The Kier molecular flexibility index (Phi) is 15.5. The minimum atomic E-state index is -4.17. The molecule has 0 N–H and O–H groups in total. The lowest BCUT2D eigenvalue weighted by atomic mass is 9.86. The first-order valence-corrected chi connectivity index (χ1v) is 20.2. The van der Waals surface area contributed by atoms with E-state index in [4.69, 9.17) is 9.05 Å². The van der Waals surface area contributed by atoms with Crippen molar-refractivity contribution in [3.05, 3.63) is 77.3 Å². The van der Waals surface area contributed by atoms with Gasteiger partial charge >= 0.3 is 6.97 Å². The summed E-state index contributed by atoms with van der Waals surface area (Å²) in [6.45, 7) is -2.89. The van der Waals surface area contributed by atoms with E-state index in [0.717, 1.165) is 45.8 Å². The van der Waals surface area contributed by atoms with Gasteiger partial charge in [-0.1, -0.05) is 114 Å². The highest BCUT2D eigenvalue weighted by Gasteiger charge is 2.51. The Morgan fingerprint density at radius 1 is 0.776 bits per heavy atom. The maximum atomic E-state index is 15.0. The zero-order valence-electron chi connectivity index (χ0n) is 30.2. The summed E-state index contributed by atoms with van der Waals surface area (Å²) in [6, 6.07) is 12.0. The Labute approximate surface area is 294 Å². The van der Waals surface area contributed by atoms with E-state index in [1.54, 1.807) is 24.3 Å².